The minimum Gasteiger partial charge on any atom is -0.389 e. The van der Waals surface area contributed by atoms with E-state index in [0.29, 0.717) is 26.7 Å². The number of nitrogens with zero attached hydrogens (tertiary/aromatic N) is 4. The van der Waals surface area contributed by atoms with E-state index in [2.05, 4.69) is 26.3 Å². The van der Waals surface area contributed by atoms with E-state index in [1.807, 2.05) is 10.2 Å². The summed E-state index contributed by atoms with van der Waals surface area (Å²) in [5, 5.41) is 5.67. The predicted molar refractivity (Wildman–Crippen MR) is 133 cm³/mol. The third-order valence-electron chi connectivity index (χ3n) is 5.50. The molecule has 0 unspecified atom stereocenters. The Hall–Kier alpha value is -3.00. The third-order valence-corrected chi connectivity index (χ3v) is 6.92. The number of nitrogens with two attached hydrogens (primary N) is 1. The molecule has 1 aliphatic heterocycles. The van der Waals surface area contributed by atoms with Crippen LogP contribution in [0.25, 0.3) is 0 Å². The van der Waals surface area contributed by atoms with Crippen molar-refractivity contribution in [1.29, 1.82) is 0 Å². The monoisotopic (exact) mass is 541 g/mol. The van der Waals surface area contributed by atoms with Gasteiger partial charge in [0.2, 0.25) is 0 Å². The maximum absolute atomic E-state index is 14.9. The van der Waals surface area contributed by atoms with Crippen molar-refractivity contribution in [1.82, 2.24) is 15.3 Å². The highest BCUT2D eigenvalue weighted by molar-refractivity contribution is 8.02. The summed E-state index contributed by atoms with van der Waals surface area (Å²) in [7, 11) is 0. The molecule has 36 heavy (non-hydrogen) atoms. The van der Waals surface area contributed by atoms with Gasteiger partial charge >= 0.3 is 6.18 Å². The summed E-state index contributed by atoms with van der Waals surface area (Å²) in [6, 6.07) is 7.71. The van der Waals surface area contributed by atoms with E-state index in [1.165, 1.54) is 23.9 Å². The quantitative estimate of drug-likeness (QED) is 0.134. The number of nitrogens with one attached hydrogen (secondary N) is 2. The van der Waals surface area contributed by atoms with Crippen LogP contribution in [0.3, 0.4) is 0 Å². The zero-order valence-electron chi connectivity index (χ0n) is 18.9. The molecule has 192 valence electrons. The normalized spacial score (nSPS) is 17.1. The first-order valence-electron chi connectivity index (χ1n) is 10.9. The molecule has 1 amide bonds. The van der Waals surface area contributed by atoms with Gasteiger partial charge in [-0.25, -0.2) is 18.8 Å². The molecule has 0 radical (unpaired) electrons. The second kappa shape index (κ2) is 10.5. The molecule has 1 aliphatic carbocycles. The Bertz CT molecular complexity index is 1150. The zero-order valence-corrected chi connectivity index (χ0v) is 20.5. The first-order valence-corrected chi connectivity index (χ1v) is 12.5. The first kappa shape index (κ1) is 26.1. The van der Waals surface area contributed by atoms with Gasteiger partial charge in [0.25, 0.3) is 5.91 Å². The van der Waals surface area contributed by atoms with Gasteiger partial charge in [0.05, 0.1) is 24.5 Å². The van der Waals surface area contributed by atoms with Crippen molar-refractivity contribution in [3.8, 4) is 0 Å². The van der Waals surface area contributed by atoms with Gasteiger partial charge in [0, 0.05) is 28.5 Å². The average Bonchev–Trinajstić information content (AvgIpc) is 3.65. The van der Waals surface area contributed by atoms with E-state index in [4.69, 9.17) is 5.73 Å². The lowest BCUT2D eigenvalue weighted by molar-refractivity contribution is -0.123. The SMILES string of the molecule is C=C(Nc1cc(N2CC(F)(C3CC3)C2)nc(Sc2ccc(C(=O)NCC(F)(F)F)cc2)n1)S/N=C\N. The van der Waals surface area contributed by atoms with Gasteiger partial charge in [0.15, 0.2) is 5.16 Å². The Labute approximate surface area is 213 Å². The summed E-state index contributed by atoms with van der Waals surface area (Å²) in [5.74, 6) is 0.262. The minimum absolute atomic E-state index is 0.0920. The highest BCUT2D eigenvalue weighted by atomic mass is 32.2. The minimum atomic E-state index is -4.49. The number of hydrogen-bond acceptors (Lipinski definition) is 8. The molecule has 2 fully saturated rings. The van der Waals surface area contributed by atoms with Gasteiger partial charge in [-0.05, 0) is 54.8 Å². The van der Waals surface area contributed by atoms with Crippen molar-refractivity contribution in [2.75, 3.05) is 29.9 Å². The van der Waals surface area contributed by atoms with Crippen molar-refractivity contribution in [2.45, 2.75) is 34.7 Å². The molecule has 4 N–H and O–H groups in total. The highest BCUT2D eigenvalue weighted by Crippen LogP contribution is 2.48. The lowest BCUT2D eigenvalue weighted by atomic mass is 9.91. The van der Waals surface area contributed by atoms with Crippen molar-refractivity contribution in [3.63, 3.8) is 0 Å². The molecule has 4 rings (SSSR count). The summed E-state index contributed by atoms with van der Waals surface area (Å²) >= 11 is 2.22. The average molecular weight is 542 g/mol. The number of rotatable bonds is 10. The van der Waals surface area contributed by atoms with E-state index >= 15 is 0 Å². The number of carbonyl (C=O) groups is 1. The largest absolute Gasteiger partial charge is 0.405 e. The number of halogens is 4. The molecule has 2 heterocycles. The van der Waals surface area contributed by atoms with E-state index in [1.54, 1.807) is 18.2 Å². The van der Waals surface area contributed by atoms with E-state index in [9.17, 15) is 22.4 Å². The van der Waals surface area contributed by atoms with Crippen molar-refractivity contribution < 1.29 is 22.4 Å². The fourth-order valence-electron chi connectivity index (χ4n) is 3.62. The first-order chi connectivity index (χ1) is 17.0. The second-order valence-corrected chi connectivity index (χ2v) is 10.3. The van der Waals surface area contributed by atoms with Gasteiger partial charge in [-0.2, -0.15) is 13.2 Å². The number of aromatic nitrogens is 2. The van der Waals surface area contributed by atoms with Crippen LogP contribution in [0, 0.1) is 5.92 Å². The van der Waals surface area contributed by atoms with Gasteiger partial charge in [0.1, 0.15) is 23.8 Å². The number of carbonyl (C=O) groups excluding carboxylic acids is 1. The van der Waals surface area contributed by atoms with Gasteiger partial charge < -0.3 is 21.3 Å². The zero-order chi connectivity index (χ0) is 25.9. The molecular weight excluding hydrogens is 518 g/mol. The number of amides is 1. The van der Waals surface area contributed by atoms with Gasteiger partial charge in [-0.1, -0.05) is 6.58 Å². The number of benzene rings is 1. The number of alkyl halides is 4. The van der Waals surface area contributed by atoms with Crippen LogP contribution in [-0.2, 0) is 0 Å². The number of hydrogen-bond donors (Lipinski definition) is 3. The Morgan fingerprint density at radius 3 is 2.58 bits per heavy atom. The standard InChI is InChI=1S/C22H23F4N7OS2/c1-13(36-29-12-27)30-17-8-18(33-10-21(23,11-33)15-4-5-15)32-20(31-17)35-16-6-2-14(3-7-16)19(34)28-9-22(24,25)26/h2-3,6-8,12,15H,1,4-5,9-11H2,(H2,27,29)(H,28,34)(H,30,31,32). The molecule has 8 nitrogen and oxygen atoms in total. The van der Waals surface area contributed by atoms with Crippen LogP contribution < -0.4 is 21.3 Å². The van der Waals surface area contributed by atoms with Gasteiger partial charge in [-0.3, -0.25) is 4.79 Å². The molecule has 0 spiro atoms. The van der Waals surface area contributed by atoms with E-state index in [-0.39, 0.29) is 24.6 Å². The smallest absolute Gasteiger partial charge is 0.389 e. The maximum Gasteiger partial charge on any atom is 0.405 e. The summed E-state index contributed by atoms with van der Waals surface area (Å²) in [5.41, 5.74) is 4.16. The molecule has 1 aromatic carbocycles. The van der Waals surface area contributed by atoms with E-state index < -0.39 is 24.3 Å². The van der Waals surface area contributed by atoms with Crippen LogP contribution in [0.1, 0.15) is 23.2 Å². The van der Waals surface area contributed by atoms with Crippen LogP contribution in [0.5, 0.6) is 0 Å². The van der Waals surface area contributed by atoms with Crippen molar-refractivity contribution in [3.05, 3.63) is 47.5 Å². The van der Waals surface area contributed by atoms with Crippen LogP contribution in [0.4, 0.5) is 29.2 Å². The molecule has 14 heteroatoms. The van der Waals surface area contributed by atoms with Crippen LogP contribution in [0.2, 0.25) is 0 Å². The maximum atomic E-state index is 14.9. The predicted octanol–water partition coefficient (Wildman–Crippen LogP) is 4.38. The molecule has 2 aromatic rings. The molecule has 0 atom stereocenters. The fraction of sp³-hybridized carbons (Fsp3) is 0.364. The fourth-order valence-corrected chi connectivity index (χ4v) is 4.72. The van der Waals surface area contributed by atoms with Crippen LogP contribution >= 0.6 is 23.7 Å². The van der Waals surface area contributed by atoms with E-state index in [0.717, 1.165) is 31.1 Å². The molecule has 1 aromatic heterocycles. The van der Waals surface area contributed by atoms with Crippen molar-refractivity contribution in [2.24, 2.45) is 16.0 Å². The van der Waals surface area contributed by atoms with Gasteiger partial charge in [-0.15, -0.1) is 0 Å². The van der Waals surface area contributed by atoms with Crippen LogP contribution in [-0.4, -0.2) is 53.7 Å². The lowest BCUT2D eigenvalue weighted by Gasteiger charge is -2.45. The molecule has 2 aliphatic rings. The topological polar surface area (TPSA) is 109 Å². The lowest BCUT2D eigenvalue weighted by Crippen LogP contribution is -2.60. The third kappa shape index (κ3) is 6.81. The molecular formula is C22H23F4N7OS2. The molecule has 1 saturated carbocycles. The Morgan fingerprint density at radius 1 is 1.28 bits per heavy atom. The Kier molecular flexibility index (Phi) is 7.64. The summed E-state index contributed by atoms with van der Waals surface area (Å²) in [6.07, 6.45) is -1.54. The van der Waals surface area contributed by atoms with Crippen LogP contribution in [0.15, 0.2) is 56.4 Å². The summed E-state index contributed by atoms with van der Waals surface area (Å²) < 4.78 is 55.7. The Morgan fingerprint density at radius 2 is 1.97 bits per heavy atom. The Balaban J connectivity index is 1.48. The molecule has 0 bridgehead atoms. The second-order valence-electron chi connectivity index (χ2n) is 8.38. The molecule has 1 saturated heterocycles. The summed E-state index contributed by atoms with van der Waals surface area (Å²) in [4.78, 5) is 23.5. The highest BCUT2D eigenvalue weighted by Gasteiger charge is 2.54. The number of anilines is 2. The summed E-state index contributed by atoms with van der Waals surface area (Å²) in [6.45, 7) is 2.96. The van der Waals surface area contributed by atoms with Crippen molar-refractivity contribution >= 4 is 47.6 Å².